The van der Waals surface area contributed by atoms with Crippen LogP contribution in [0.2, 0.25) is 0 Å². The first-order chi connectivity index (χ1) is 13.6. The summed E-state index contributed by atoms with van der Waals surface area (Å²) in [6.07, 6.45) is 3.94. The number of hydrogen-bond donors (Lipinski definition) is 1. The molecule has 1 aromatic heterocycles. The number of rotatable bonds is 4. The maximum atomic E-state index is 12.8. The van der Waals surface area contributed by atoms with Gasteiger partial charge in [-0.1, -0.05) is 12.1 Å². The van der Waals surface area contributed by atoms with E-state index in [1.54, 1.807) is 0 Å². The lowest BCUT2D eigenvalue weighted by molar-refractivity contribution is -0.133. The van der Waals surface area contributed by atoms with E-state index >= 15 is 0 Å². The first-order valence-corrected chi connectivity index (χ1v) is 10.4. The van der Waals surface area contributed by atoms with Crippen molar-refractivity contribution in [1.82, 2.24) is 20.0 Å². The second kappa shape index (κ2) is 8.35. The number of amides is 1. The van der Waals surface area contributed by atoms with Crippen LogP contribution in [0, 0.1) is 13.8 Å². The fraction of sp³-hybridized carbons (Fsp3) is 0.545. The molecule has 0 radical (unpaired) electrons. The molecule has 1 N–H and O–H groups in total. The summed E-state index contributed by atoms with van der Waals surface area (Å²) in [4.78, 5) is 19.6. The zero-order valence-electron chi connectivity index (χ0n) is 17.0. The van der Waals surface area contributed by atoms with Gasteiger partial charge in [-0.3, -0.25) is 14.8 Å². The van der Waals surface area contributed by atoms with Crippen molar-refractivity contribution in [1.29, 1.82) is 0 Å². The van der Waals surface area contributed by atoms with Crippen molar-refractivity contribution in [2.75, 3.05) is 50.7 Å². The van der Waals surface area contributed by atoms with Crippen molar-refractivity contribution in [2.24, 2.45) is 0 Å². The van der Waals surface area contributed by atoms with Crippen LogP contribution in [0.15, 0.2) is 30.5 Å². The summed E-state index contributed by atoms with van der Waals surface area (Å²) in [6, 6.07) is 8.68. The van der Waals surface area contributed by atoms with Crippen LogP contribution in [-0.4, -0.2) is 71.7 Å². The summed E-state index contributed by atoms with van der Waals surface area (Å²) in [5.74, 6) is 0.785. The first kappa shape index (κ1) is 19.0. The Hall–Kier alpha value is -2.34. The Morgan fingerprint density at radius 3 is 2.50 bits per heavy atom. The Kier molecular flexibility index (Phi) is 5.67. The Labute approximate surface area is 167 Å². The van der Waals surface area contributed by atoms with Crippen LogP contribution in [0.5, 0.6) is 0 Å². The topological polar surface area (TPSA) is 55.5 Å². The van der Waals surface area contributed by atoms with Crippen LogP contribution in [0.4, 0.5) is 5.69 Å². The van der Waals surface area contributed by atoms with Gasteiger partial charge in [0.15, 0.2) is 0 Å². The zero-order valence-corrected chi connectivity index (χ0v) is 17.0. The van der Waals surface area contributed by atoms with Crippen LogP contribution in [0.3, 0.4) is 0 Å². The lowest BCUT2D eigenvalue weighted by atomic mass is 9.91. The molecule has 2 saturated heterocycles. The third-order valence-electron chi connectivity index (χ3n) is 6.22. The SMILES string of the molecule is Cc1cccc(N2CCN(CC(=O)N3CCC(c4[nH]ncc4C)CC3)CC2)c1. The van der Waals surface area contributed by atoms with Crippen molar-refractivity contribution >= 4 is 11.6 Å². The molecule has 6 nitrogen and oxygen atoms in total. The Morgan fingerprint density at radius 2 is 1.86 bits per heavy atom. The quantitative estimate of drug-likeness (QED) is 0.884. The van der Waals surface area contributed by atoms with Gasteiger partial charge < -0.3 is 9.80 Å². The predicted octanol–water partition coefficient (Wildman–Crippen LogP) is 2.55. The number of likely N-dealkylation sites (tertiary alicyclic amines) is 1. The number of piperazine rings is 1. The van der Waals surface area contributed by atoms with Crippen molar-refractivity contribution in [2.45, 2.75) is 32.6 Å². The van der Waals surface area contributed by atoms with E-state index in [9.17, 15) is 4.79 Å². The Balaban J connectivity index is 1.23. The molecule has 2 aromatic rings. The van der Waals surface area contributed by atoms with Gasteiger partial charge in [0.2, 0.25) is 5.91 Å². The van der Waals surface area contributed by atoms with Crippen molar-refractivity contribution < 1.29 is 4.79 Å². The fourth-order valence-corrected chi connectivity index (χ4v) is 4.47. The van der Waals surface area contributed by atoms with Crippen LogP contribution >= 0.6 is 0 Å². The maximum Gasteiger partial charge on any atom is 0.236 e. The van der Waals surface area contributed by atoms with E-state index in [-0.39, 0.29) is 5.91 Å². The van der Waals surface area contributed by atoms with Crippen molar-refractivity contribution in [3.63, 3.8) is 0 Å². The van der Waals surface area contributed by atoms with Gasteiger partial charge in [-0.15, -0.1) is 0 Å². The number of piperidine rings is 1. The van der Waals surface area contributed by atoms with Crippen LogP contribution < -0.4 is 4.90 Å². The van der Waals surface area contributed by atoms with Gasteiger partial charge in [0.05, 0.1) is 12.7 Å². The maximum absolute atomic E-state index is 12.8. The summed E-state index contributed by atoms with van der Waals surface area (Å²) < 4.78 is 0. The summed E-state index contributed by atoms with van der Waals surface area (Å²) in [6.45, 7) is 10.4. The molecule has 1 aromatic carbocycles. The number of carbonyl (C=O) groups is 1. The van der Waals surface area contributed by atoms with Gasteiger partial charge in [0.25, 0.3) is 0 Å². The summed E-state index contributed by atoms with van der Waals surface area (Å²) in [5.41, 5.74) is 5.07. The monoisotopic (exact) mass is 381 g/mol. The third kappa shape index (κ3) is 4.22. The second-order valence-corrected chi connectivity index (χ2v) is 8.22. The highest BCUT2D eigenvalue weighted by molar-refractivity contribution is 5.78. The number of H-pyrrole nitrogens is 1. The highest BCUT2D eigenvalue weighted by atomic mass is 16.2. The van der Waals surface area contributed by atoms with Gasteiger partial charge in [-0.05, 0) is 49.9 Å². The normalized spacial score (nSPS) is 19.2. The molecule has 0 aliphatic carbocycles. The molecule has 0 unspecified atom stereocenters. The number of aromatic amines is 1. The van der Waals surface area contributed by atoms with E-state index in [4.69, 9.17) is 0 Å². The van der Waals surface area contributed by atoms with Crippen LogP contribution in [-0.2, 0) is 4.79 Å². The molecule has 6 heteroatoms. The number of anilines is 1. The molecule has 1 amide bonds. The molecule has 2 fully saturated rings. The van der Waals surface area contributed by atoms with Gasteiger partial charge in [0, 0.05) is 56.6 Å². The van der Waals surface area contributed by atoms with E-state index in [1.165, 1.54) is 22.5 Å². The number of nitrogens with one attached hydrogen (secondary N) is 1. The lowest BCUT2D eigenvalue weighted by Gasteiger charge is -2.38. The van der Waals surface area contributed by atoms with E-state index in [0.29, 0.717) is 12.5 Å². The molecule has 28 heavy (non-hydrogen) atoms. The second-order valence-electron chi connectivity index (χ2n) is 8.22. The highest BCUT2D eigenvalue weighted by Gasteiger charge is 2.27. The minimum atomic E-state index is 0.281. The molecule has 0 atom stereocenters. The van der Waals surface area contributed by atoms with Crippen LogP contribution in [0.1, 0.15) is 35.6 Å². The van der Waals surface area contributed by atoms with Gasteiger partial charge >= 0.3 is 0 Å². The fourth-order valence-electron chi connectivity index (χ4n) is 4.47. The summed E-state index contributed by atoms with van der Waals surface area (Å²) in [5, 5.41) is 7.28. The van der Waals surface area contributed by atoms with Crippen molar-refractivity contribution in [3.05, 3.63) is 47.3 Å². The van der Waals surface area contributed by atoms with E-state index < -0.39 is 0 Å². The molecule has 2 aliphatic rings. The van der Waals surface area contributed by atoms with E-state index in [2.05, 4.69) is 63.0 Å². The Bertz CT molecular complexity index is 801. The number of aromatic nitrogens is 2. The van der Waals surface area contributed by atoms with Gasteiger partial charge in [-0.2, -0.15) is 5.10 Å². The molecule has 0 spiro atoms. The number of carbonyl (C=O) groups excluding carboxylic acids is 1. The van der Waals surface area contributed by atoms with Crippen molar-refractivity contribution in [3.8, 4) is 0 Å². The third-order valence-corrected chi connectivity index (χ3v) is 6.22. The van der Waals surface area contributed by atoms with Crippen LogP contribution in [0.25, 0.3) is 0 Å². The molecule has 3 heterocycles. The van der Waals surface area contributed by atoms with Gasteiger partial charge in [0.1, 0.15) is 0 Å². The lowest BCUT2D eigenvalue weighted by Crippen LogP contribution is -2.51. The minimum absolute atomic E-state index is 0.281. The molecular weight excluding hydrogens is 350 g/mol. The summed E-state index contributed by atoms with van der Waals surface area (Å²) >= 11 is 0. The molecule has 0 saturated carbocycles. The molecule has 150 valence electrons. The molecule has 2 aliphatic heterocycles. The predicted molar refractivity (Wildman–Crippen MR) is 112 cm³/mol. The summed E-state index contributed by atoms with van der Waals surface area (Å²) in [7, 11) is 0. The minimum Gasteiger partial charge on any atom is -0.369 e. The molecule has 0 bridgehead atoms. The Morgan fingerprint density at radius 1 is 1.11 bits per heavy atom. The highest BCUT2D eigenvalue weighted by Crippen LogP contribution is 2.28. The zero-order chi connectivity index (χ0) is 19.5. The smallest absolute Gasteiger partial charge is 0.236 e. The average molecular weight is 382 g/mol. The van der Waals surface area contributed by atoms with E-state index in [0.717, 1.165) is 52.1 Å². The molecular formula is C22H31N5O. The number of benzene rings is 1. The molecule has 4 rings (SSSR count). The van der Waals surface area contributed by atoms with E-state index in [1.807, 2.05) is 6.20 Å². The average Bonchev–Trinajstić information content (AvgIpc) is 3.14. The number of hydrogen-bond acceptors (Lipinski definition) is 4. The largest absolute Gasteiger partial charge is 0.369 e. The number of aryl methyl sites for hydroxylation is 2. The standard InChI is InChI=1S/C22H31N5O/c1-17-4-3-5-20(14-17)26-12-10-25(11-13-26)16-21(28)27-8-6-19(7-9-27)22-18(2)15-23-24-22/h3-5,14-15,19H,6-13,16H2,1-2H3,(H,23,24). The first-order valence-electron chi connectivity index (χ1n) is 10.4. The van der Waals surface area contributed by atoms with Gasteiger partial charge in [-0.25, -0.2) is 0 Å². The number of nitrogens with zero attached hydrogens (tertiary/aromatic N) is 4.